The number of hydrogen-bond acceptors (Lipinski definition) is 1. The van der Waals surface area contributed by atoms with Gasteiger partial charge < -0.3 is 22.0 Å². The average molecular weight is 265 g/mol. The first kappa shape index (κ1) is 16.5. The summed E-state index contributed by atoms with van der Waals surface area (Å²) in [6, 6.07) is 10.2. The molecule has 0 spiro atoms. The lowest BCUT2D eigenvalue weighted by atomic mass is 10.2. The lowest BCUT2D eigenvalue weighted by Crippen LogP contribution is -2.12. The molecule has 0 bridgehead atoms. The molecule has 0 aromatic heterocycles. The third-order valence-electron chi connectivity index (χ3n) is 1.92. The van der Waals surface area contributed by atoms with Crippen molar-refractivity contribution in [3.05, 3.63) is 35.9 Å². The molecule has 0 fully saturated rings. The molecular weight excluding hydrogens is 249 g/mol. The van der Waals surface area contributed by atoms with Gasteiger partial charge in [-0.3, -0.25) is 0 Å². The minimum absolute atomic E-state index is 0.644. The quantitative estimate of drug-likeness (QED) is 0.263. The zero-order valence-corrected chi connectivity index (χ0v) is 10.5. The van der Waals surface area contributed by atoms with Gasteiger partial charge in [0.2, 0.25) is 0 Å². The topological polar surface area (TPSA) is 12.2 Å². The van der Waals surface area contributed by atoms with Gasteiger partial charge in [0.15, 0.2) is 0 Å². The zero-order chi connectivity index (χ0) is 14.2. The van der Waals surface area contributed by atoms with Crippen LogP contribution in [0.3, 0.4) is 0 Å². The molecule has 0 saturated heterocycles. The highest BCUT2D eigenvalue weighted by Gasteiger charge is 2.20. The van der Waals surface area contributed by atoms with Gasteiger partial charge in [-0.1, -0.05) is 30.3 Å². The minimum atomic E-state index is -6.00. The Labute approximate surface area is 104 Å². The molecule has 0 amide bonds. The third-order valence-corrected chi connectivity index (χ3v) is 1.92. The molecule has 102 valence electrons. The van der Waals surface area contributed by atoms with E-state index in [1.165, 1.54) is 5.56 Å². The number of benzene rings is 1. The highest BCUT2D eigenvalue weighted by Crippen LogP contribution is 2.06. The summed E-state index contributed by atoms with van der Waals surface area (Å²) in [5.41, 5.74) is 1.20. The first-order chi connectivity index (χ1) is 8.20. The number of ether oxygens (including phenoxy) is 1. The molecule has 0 aliphatic heterocycles. The lowest BCUT2D eigenvalue weighted by molar-refractivity contribution is -0.475. The van der Waals surface area contributed by atoms with Crippen molar-refractivity contribution >= 4 is 13.2 Å². The van der Waals surface area contributed by atoms with Crippen LogP contribution in [0.1, 0.15) is 12.5 Å². The summed E-state index contributed by atoms with van der Waals surface area (Å²) >= 11 is 0. The van der Waals surface area contributed by atoms with E-state index in [-0.39, 0.29) is 0 Å². The normalized spacial score (nSPS) is 10.2. The van der Waals surface area contributed by atoms with Gasteiger partial charge in [-0.25, -0.2) is 4.58 Å². The molecule has 0 aliphatic carbocycles. The lowest BCUT2D eigenvalue weighted by Gasteiger charge is -2.02. The van der Waals surface area contributed by atoms with E-state index in [1.54, 1.807) is 0 Å². The highest BCUT2D eigenvalue weighted by atomic mass is 19.5. The van der Waals surface area contributed by atoms with Crippen molar-refractivity contribution in [1.82, 2.24) is 0 Å². The van der Waals surface area contributed by atoms with E-state index in [0.717, 1.165) is 5.90 Å². The van der Waals surface area contributed by atoms with Crippen molar-refractivity contribution < 1.29 is 26.6 Å². The van der Waals surface area contributed by atoms with Crippen LogP contribution in [-0.4, -0.2) is 31.8 Å². The second-order valence-electron chi connectivity index (χ2n) is 3.68. The van der Waals surface area contributed by atoms with Crippen LogP contribution in [0.25, 0.3) is 0 Å². The second kappa shape index (κ2) is 7.73. The first-order valence-corrected chi connectivity index (χ1v) is 5.25. The number of rotatable bonds is 2. The van der Waals surface area contributed by atoms with Crippen LogP contribution in [0.2, 0.25) is 0 Å². The van der Waals surface area contributed by atoms with Gasteiger partial charge in [0.25, 0.3) is 0 Å². The maximum Gasteiger partial charge on any atom is 0.673 e. The summed E-state index contributed by atoms with van der Waals surface area (Å²) in [5.74, 6) is 0.934. The Morgan fingerprint density at radius 2 is 1.56 bits per heavy atom. The zero-order valence-electron chi connectivity index (χ0n) is 10.5. The predicted molar refractivity (Wildman–Crippen MR) is 64.2 cm³/mol. The predicted octanol–water partition coefficient (Wildman–Crippen LogP) is 3.19. The Morgan fingerprint density at radius 3 is 1.94 bits per heavy atom. The van der Waals surface area contributed by atoms with Gasteiger partial charge in [-0.15, -0.1) is 0 Å². The third kappa shape index (κ3) is 11.0. The first-order valence-electron chi connectivity index (χ1n) is 5.25. The molecule has 1 aromatic rings. The Hall–Kier alpha value is -1.53. The minimum Gasteiger partial charge on any atom is -0.443 e. The van der Waals surface area contributed by atoms with Gasteiger partial charge in [-0.05, 0) is 5.56 Å². The van der Waals surface area contributed by atoms with E-state index in [1.807, 2.05) is 43.8 Å². The van der Waals surface area contributed by atoms with Gasteiger partial charge in [-0.2, -0.15) is 0 Å². The van der Waals surface area contributed by atoms with E-state index in [4.69, 9.17) is 4.74 Å². The molecule has 2 nitrogen and oxygen atoms in total. The monoisotopic (exact) mass is 265 g/mol. The molecule has 0 saturated carbocycles. The van der Waals surface area contributed by atoms with Crippen LogP contribution in [-0.2, 0) is 11.3 Å². The van der Waals surface area contributed by atoms with Crippen molar-refractivity contribution in [2.75, 3.05) is 14.1 Å². The number of hydrogen-bond donors (Lipinski definition) is 0. The molecule has 1 rings (SSSR count). The SMILES string of the molecule is CC(OCc1ccccc1)=[N+](C)C.F[B-](F)(F)F. The van der Waals surface area contributed by atoms with Crippen molar-refractivity contribution in [1.29, 1.82) is 0 Å². The highest BCUT2D eigenvalue weighted by molar-refractivity contribution is 6.50. The van der Waals surface area contributed by atoms with Crippen LogP contribution < -0.4 is 0 Å². The fourth-order valence-corrected chi connectivity index (χ4v) is 0.891. The van der Waals surface area contributed by atoms with Crippen LogP contribution in [0.5, 0.6) is 0 Å². The summed E-state index contributed by atoms with van der Waals surface area (Å²) in [6.07, 6.45) is 0. The molecular formula is C11H16BF4NO. The van der Waals surface area contributed by atoms with Gasteiger partial charge in [0, 0.05) is 0 Å². The average Bonchev–Trinajstić information content (AvgIpc) is 2.25. The molecule has 18 heavy (non-hydrogen) atoms. The Balaban J connectivity index is 0.000000494. The summed E-state index contributed by atoms with van der Waals surface area (Å²) in [6.45, 7) is 2.60. The molecule has 0 heterocycles. The number of nitrogens with zero attached hydrogens (tertiary/aromatic N) is 1. The Morgan fingerprint density at radius 1 is 1.11 bits per heavy atom. The molecule has 0 atom stereocenters. The van der Waals surface area contributed by atoms with Gasteiger partial charge in [0.05, 0.1) is 6.92 Å². The van der Waals surface area contributed by atoms with Gasteiger partial charge >= 0.3 is 13.2 Å². The maximum absolute atomic E-state index is 9.75. The second-order valence-corrected chi connectivity index (χ2v) is 3.68. The molecule has 0 N–H and O–H groups in total. The van der Waals surface area contributed by atoms with Crippen molar-refractivity contribution in [3.63, 3.8) is 0 Å². The standard InChI is InChI=1S/C11H16NO.BF4/c1-10(12(2)3)13-9-11-7-5-4-6-8-11;2-1(3,4)5/h4-8H,9H2,1-3H3;/q+1;-1. The van der Waals surface area contributed by atoms with Crippen molar-refractivity contribution in [3.8, 4) is 0 Å². The summed E-state index contributed by atoms with van der Waals surface area (Å²) in [5, 5.41) is 0. The molecule has 1 aromatic carbocycles. The van der Waals surface area contributed by atoms with E-state index < -0.39 is 7.25 Å². The van der Waals surface area contributed by atoms with E-state index in [9.17, 15) is 17.3 Å². The summed E-state index contributed by atoms with van der Waals surface area (Å²) in [4.78, 5) is 0. The van der Waals surface area contributed by atoms with Crippen LogP contribution in [0.15, 0.2) is 30.3 Å². The Bertz CT molecular complexity index is 368. The van der Waals surface area contributed by atoms with E-state index in [2.05, 4.69) is 12.1 Å². The van der Waals surface area contributed by atoms with Crippen LogP contribution >= 0.6 is 0 Å². The smallest absolute Gasteiger partial charge is 0.443 e. The van der Waals surface area contributed by atoms with Crippen molar-refractivity contribution in [2.45, 2.75) is 13.5 Å². The number of halogens is 4. The molecule has 0 radical (unpaired) electrons. The fourth-order valence-electron chi connectivity index (χ4n) is 0.891. The molecule has 7 heteroatoms. The maximum atomic E-state index is 9.75. The summed E-state index contributed by atoms with van der Waals surface area (Å²) < 4.78 is 46.5. The molecule has 0 aliphatic rings. The van der Waals surface area contributed by atoms with Crippen molar-refractivity contribution in [2.24, 2.45) is 0 Å². The van der Waals surface area contributed by atoms with E-state index in [0.29, 0.717) is 6.61 Å². The van der Waals surface area contributed by atoms with Gasteiger partial charge in [0.1, 0.15) is 20.7 Å². The fraction of sp³-hybridized carbons (Fsp3) is 0.364. The molecule has 0 unspecified atom stereocenters. The van der Waals surface area contributed by atoms with Crippen LogP contribution in [0, 0.1) is 0 Å². The Kier molecular flexibility index (Phi) is 7.08. The largest absolute Gasteiger partial charge is 0.673 e. The summed E-state index contributed by atoms with van der Waals surface area (Å²) in [7, 11) is -2.05. The van der Waals surface area contributed by atoms with Crippen LogP contribution in [0.4, 0.5) is 17.3 Å². The van der Waals surface area contributed by atoms with E-state index >= 15 is 0 Å².